The van der Waals surface area contributed by atoms with Crippen LogP contribution in [0.1, 0.15) is 16.3 Å². The molecule has 3 aromatic heterocycles. The summed E-state index contributed by atoms with van der Waals surface area (Å²) in [6, 6.07) is 10.0. The van der Waals surface area contributed by atoms with E-state index < -0.39 is 17.3 Å². The second-order valence-electron chi connectivity index (χ2n) is 6.29. The molecule has 0 N–H and O–H groups in total. The summed E-state index contributed by atoms with van der Waals surface area (Å²) in [4.78, 5) is 14.2. The summed E-state index contributed by atoms with van der Waals surface area (Å²) in [7, 11) is 0. The van der Waals surface area contributed by atoms with E-state index >= 15 is 0 Å². The summed E-state index contributed by atoms with van der Waals surface area (Å²) < 4.78 is 42.5. The maximum absolute atomic E-state index is 13.5. The molecule has 0 saturated heterocycles. The predicted molar refractivity (Wildman–Crippen MR) is 105 cm³/mol. The minimum Gasteiger partial charge on any atom is -0.268 e. The quantitative estimate of drug-likeness (QED) is 0.468. The Morgan fingerprint density at radius 2 is 1.93 bits per heavy atom. The Morgan fingerprint density at radius 3 is 2.63 bits per heavy atom. The molecule has 0 aliphatic carbocycles. The van der Waals surface area contributed by atoms with E-state index in [1.807, 2.05) is 19.1 Å². The third-order valence-electron chi connectivity index (χ3n) is 4.18. The Morgan fingerprint density at radius 1 is 1.13 bits per heavy atom. The first-order valence-electron chi connectivity index (χ1n) is 8.52. The molecule has 0 spiro atoms. The number of nitrogens with zero attached hydrogens (tertiary/aromatic N) is 6. The SMILES string of the molecule is Cc1ccc(-c2ccc(=O)n(Cc3nnnn3-c3ccc(Cl)cc3C(F)(F)F)n2)s1. The van der Waals surface area contributed by atoms with Gasteiger partial charge in [0.05, 0.1) is 16.1 Å². The normalized spacial score (nSPS) is 11.8. The fourth-order valence-electron chi connectivity index (χ4n) is 2.81. The van der Waals surface area contributed by atoms with Gasteiger partial charge in [0.15, 0.2) is 5.82 Å². The average Bonchev–Trinajstić information content (AvgIpc) is 3.32. The lowest BCUT2D eigenvalue weighted by Gasteiger charge is -2.14. The van der Waals surface area contributed by atoms with Gasteiger partial charge in [-0.2, -0.15) is 23.0 Å². The lowest BCUT2D eigenvalue weighted by atomic mass is 10.1. The van der Waals surface area contributed by atoms with E-state index in [1.165, 1.54) is 29.5 Å². The summed E-state index contributed by atoms with van der Waals surface area (Å²) in [5.74, 6) is 0.0110. The van der Waals surface area contributed by atoms with Crippen LogP contribution in [0.3, 0.4) is 0 Å². The van der Waals surface area contributed by atoms with Crippen molar-refractivity contribution in [2.24, 2.45) is 0 Å². The second kappa shape index (κ2) is 7.65. The minimum absolute atomic E-state index is 0.0110. The molecule has 0 amide bonds. The minimum atomic E-state index is -4.67. The van der Waals surface area contributed by atoms with E-state index in [4.69, 9.17) is 11.6 Å². The Bertz CT molecular complexity index is 1280. The van der Waals surface area contributed by atoms with Crippen LogP contribution in [0.15, 0.2) is 47.3 Å². The highest BCUT2D eigenvalue weighted by Gasteiger charge is 2.35. The van der Waals surface area contributed by atoms with Gasteiger partial charge in [-0.05, 0) is 53.7 Å². The van der Waals surface area contributed by atoms with Gasteiger partial charge in [0.2, 0.25) is 0 Å². The monoisotopic (exact) mass is 452 g/mol. The van der Waals surface area contributed by atoms with Crippen molar-refractivity contribution in [3.05, 3.63) is 74.1 Å². The maximum atomic E-state index is 13.5. The van der Waals surface area contributed by atoms with Gasteiger partial charge in [0.1, 0.15) is 12.2 Å². The van der Waals surface area contributed by atoms with Crippen LogP contribution in [-0.2, 0) is 12.7 Å². The molecular weight excluding hydrogens is 441 g/mol. The van der Waals surface area contributed by atoms with E-state index in [1.54, 1.807) is 6.07 Å². The van der Waals surface area contributed by atoms with Crippen molar-refractivity contribution in [2.75, 3.05) is 0 Å². The number of aromatic nitrogens is 6. The zero-order chi connectivity index (χ0) is 21.5. The molecule has 0 bridgehead atoms. The highest BCUT2D eigenvalue weighted by molar-refractivity contribution is 7.15. The van der Waals surface area contributed by atoms with Crippen molar-refractivity contribution < 1.29 is 13.2 Å². The molecule has 0 atom stereocenters. The first-order valence-corrected chi connectivity index (χ1v) is 9.71. The van der Waals surface area contributed by atoms with Crippen LogP contribution in [0, 0.1) is 6.92 Å². The molecule has 154 valence electrons. The van der Waals surface area contributed by atoms with E-state index in [9.17, 15) is 18.0 Å². The fourth-order valence-corrected chi connectivity index (χ4v) is 3.82. The summed E-state index contributed by atoms with van der Waals surface area (Å²) in [5, 5.41) is 15.2. The van der Waals surface area contributed by atoms with Gasteiger partial charge in [-0.1, -0.05) is 11.6 Å². The molecular formula is C18H12ClF3N6OS. The maximum Gasteiger partial charge on any atom is 0.418 e. The van der Waals surface area contributed by atoms with Crippen LogP contribution in [0.4, 0.5) is 13.2 Å². The predicted octanol–water partition coefficient (Wildman–Crippen LogP) is 3.98. The van der Waals surface area contributed by atoms with Crippen molar-refractivity contribution in [3.63, 3.8) is 0 Å². The van der Waals surface area contributed by atoms with Crippen LogP contribution in [-0.4, -0.2) is 30.0 Å². The van der Waals surface area contributed by atoms with Gasteiger partial charge in [-0.25, -0.2) is 4.68 Å². The number of hydrogen-bond acceptors (Lipinski definition) is 6. The zero-order valence-corrected chi connectivity index (χ0v) is 16.8. The number of thiophene rings is 1. The van der Waals surface area contributed by atoms with Crippen molar-refractivity contribution in [1.29, 1.82) is 0 Å². The number of rotatable bonds is 4. The Balaban J connectivity index is 1.75. The highest BCUT2D eigenvalue weighted by atomic mass is 35.5. The third-order valence-corrected chi connectivity index (χ3v) is 5.44. The molecule has 4 aromatic rings. The Kier molecular flexibility index (Phi) is 5.16. The number of hydrogen-bond donors (Lipinski definition) is 0. The molecule has 7 nitrogen and oxygen atoms in total. The van der Waals surface area contributed by atoms with Crippen LogP contribution in [0.2, 0.25) is 5.02 Å². The topological polar surface area (TPSA) is 78.5 Å². The van der Waals surface area contributed by atoms with E-state index in [-0.39, 0.29) is 23.1 Å². The van der Waals surface area contributed by atoms with Gasteiger partial charge in [0, 0.05) is 16.0 Å². The van der Waals surface area contributed by atoms with E-state index in [2.05, 4.69) is 20.6 Å². The molecule has 0 unspecified atom stereocenters. The van der Waals surface area contributed by atoms with Gasteiger partial charge in [-0.3, -0.25) is 4.79 Å². The van der Waals surface area contributed by atoms with Gasteiger partial charge < -0.3 is 0 Å². The van der Waals surface area contributed by atoms with Crippen molar-refractivity contribution in [3.8, 4) is 16.3 Å². The number of halogens is 4. The molecule has 0 saturated carbocycles. The largest absolute Gasteiger partial charge is 0.418 e. The fraction of sp³-hybridized carbons (Fsp3) is 0.167. The molecule has 0 aliphatic heterocycles. The third kappa shape index (κ3) is 3.98. The van der Waals surface area contributed by atoms with Crippen LogP contribution in [0.25, 0.3) is 16.3 Å². The Labute approximate surface area is 176 Å². The van der Waals surface area contributed by atoms with E-state index in [0.29, 0.717) is 5.69 Å². The van der Waals surface area contributed by atoms with Crippen molar-refractivity contribution >= 4 is 22.9 Å². The number of aryl methyl sites for hydroxylation is 1. The molecule has 1 aromatic carbocycles. The summed E-state index contributed by atoms with van der Waals surface area (Å²) >= 11 is 7.25. The standard InChI is InChI=1S/C18H12ClF3N6OS/c1-10-2-6-15(30-10)13-4-7-17(29)27(24-13)9-16-23-25-26-28(16)14-5-3-11(19)8-12(14)18(20,21)22/h2-8H,9H2,1H3. The summed E-state index contributed by atoms with van der Waals surface area (Å²) in [6.45, 7) is 1.73. The molecule has 4 rings (SSSR count). The number of alkyl halides is 3. The zero-order valence-electron chi connectivity index (χ0n) is 15.3. The lowest BCUT2D eigenvalue weighted by Crippen LogP contribution is -2.25. The van der Waals surface area contributed by atoms with Crippen LogP contribution >= 0.6 is 22.9 Å². The average molecular weight is 453 g/mol. The number of tetrazole rings is 1. The van der Waals surface area contributed by atoms with Gasteiger partial charge in [-0.15, -0.1) is 16.4 Å². The molecule has 30 heavy (non-hydrogen) atoms. The molecule has 3 heterocycles. The van der Waals surface area contributed by atoms with Crippen LogP contribution < -0.4 is 5.56 Å². The Hall–Kier alpha value is -3.05. The van der Waals surface area contributed by atoms with Crippen molar-refractivity contribution in [2.45, 2.75) is 19.6 Å². The lowest BCUT2D eigenvalue weighted by molar-refractivity contribution is -0.137. The smallest absolute Gasteiger partial charge is 0.268 e. The van der Waals surface area contributed by atoms with Crippen molar-refractivity contribution in [1.82, 2.24) is 30.0 Å². The number of benzene rings is 1. The van der Waals surface area contributed by atoms with Gasteiger partial charge >= 0.3 is 6.18 Å². The molecule has 0 radical (unpaired) electrons. The second-order valence-corrected chi connectivity index (χ2v) is 8.02. The summed E-state index contributed by atoms with van der Waals surface area (Å²) in [5.41, 5.74) is -1.17. The van der Waals surface area contributed by atoms with Crippen LogP contribution in [0.5, 0.6) is 0 Å². The van der Waals surface area contributed by atoms with E-state index in [0.717, 1.165) is 25.2 Å². The first kappa shape index (κ1) is 20.2. The molecule has 0 fully saturated rings. The first-order chi connectivity index (χ1) is 14.2. The highest BCUT2D eigenvalue weighted by Crippen LogP contribution is 2.35. The van der Waals surface area contributed by atoms with Gasteiger partial charge in [0.25, 0.3) is 5.56 Å². The molecule has 12 heteroatoms. The summed E-state index contributed by atoms with van der Waals surface area (Å²) in [6.07, 6.45) is -4.67. The molecule has 0 aliphatic rings.